The van der Waals surface area contributed by atoms with Crippen LogP contribution in [-0.4, -0.2) is 15.9 Å². The molecule has 2 rings (SSSR count). The van der Waals surface area contributed by atoms with Crippen LogP contribution in [0.4, 0.5) is 5.82 Å². The highest BCUT2D eigenvalue weighted by Crippen LogP contribution is 2.17. The summed E-state index contributed by atoms with van der Waals surface area (Å²) in [6.07, 6.45) is 2.81. The zero-order valence-corrected chi connectivity index (χ0v) is 9.97. The van der Waals surface area contributed by atoms with E-state index in [0.717, 1.165) is 5.56 Å². The van der Waals surface area contributed by atoms with E-state index in [-0.39, 0.29) is 5.91 Å². The summed E-state index contributed by atoms with van der Waals surface area (Å²) in [4.78, 5) is 20.2. The van der Waals surface area contributed by atoms with E-state index < -0.39 is 0 Å². The Morgan fingerprint density at radius 1 is 1.44 bits per heavy atom. The van der Waals surface area contributed by atoms with Crippen molar-refractivity contribution < 1.29 is 4.79 Å². The molecule has 2 aromatic rings. The monoisotopic (exact) mass is 253 g/mol. The van der Waals surface area contributed by atoms with Crippen LogP contribution in [0.15, 0.2) is 23.8 Å². The summed E-state index contributed by atoms with van der Waals surface area (Å²) in [5, 5.41) is 4.82. The molecule has 0 radical (unpaired) electrons. The molecule has 0 aromatic carbocycles. The molecule has 0 fully saturated rings. The van der Waals surface area contributed by atoms with Crippen LogP contribution in [0.3, 0.4) is 0 Å². The molecule has 0 spiro atoms. The van der Waals surface area contributed by atoms with Crippen molar-refractivity contribution in [2.45, 2.75) is 6.92 Å². The number of halogens is 1. The van der Waals surface area contributed by atoms with E-state index in [1.807, 2.05) is 18.4 Å². The summed E-state index contributed by atoms with van der Waals surface area (Å²) in [6, 6.07) is 1.90. The van der Waals surface area contributed by atoms with Crippen molar-refractivity contribution in [2.75, 3.05) is 5.32 Å². The summed E-state index contributed by atoms with van der Waals surface area (Å²) >= 11 is 6.98. The highest BCUT2D eigenvalue weighted by atomic mass is 35.5. The summed E-state index contributed by atoms with van der Waals surface area (Å²) in [6.45, 7) is 1.89. The van der Waals surface area contributed by atoms with Crippen LogP contribution in [0.25, 0.3) is 0 Å². The first-order valence-corrected chi connectivity index (χ1v) is 5.75. The van der Waals surface area contributed by atoms with Gasteiger partial charge in [-0.15, -0.1) is 11.3 Å². The molecule has 6 heteroatoms. The lowest BCUT2D eigenvalue weighted by molar-refractivity contribution is 0.102. The normalized spacial score (nSPS) is 10.1. The van der Waals surface area contributed by atoms with Crippen molar-refractivity contribution in [3.8, 4) is 0 Å². The number of rotatable bonds is 2. The molecule has 0 unspecified atom stereocenters. The standard InChI is InChI=1S/C10H8ClN3OS/c1-6-2-3-16-9(6)10(15)14-8-5-12-7(11)4-13-8/h2-5H,1H3,(H,13,14,15). The number of thiophene rings is 1. The quantitative estimate of drug-likeness (QED) is 0.895. The smallest absolute Gasteiger partial charge is 0.267 e. The maximum Gasteiger partial charge on any atom is 0.267 e. The van der Waals surface area contributed by atoms with Gasteiger partial charge in [-0.1, -0.05) is 11.6 Å². The van der Waals surface area contributed by atoms with E-state index in [2.05, 4.69) is 15.3 Å². The molecule has 0 aliphatic carbocycles. The Morgan fingerprint density at radius 3 is 2.81 bits per heavy atom. The van der Waals surface area contributed by atoms with E-state index in [4.69, 9.17) is 11.6 Å². The van der Waals surface area contributed by atoms with Crippen LogP contribution in [0.1, 0.15) is 15.2 Å². The molecule has 2 aromatic heterocycles. The van der Waals surface area contributed by atoms with Crippen molar-refractivity contribution in [3.05, 3.63) is 39.4 Å². The Labute approximate surface area is 101 Å². The van der Waals surface area contributed by atoms with Crippen molar-refractivity contribution in [1.29, 1.82) is 0 Å². The van der Waals surface area contributed by atoms with Gasteiger partial charge in [0.1, 0.15) is 5.15 Å². The predicted octanol–water partition coefficient (Wildman–Crippen LogP) is 2.75. The maximum absolute atomic E-state index is 11.8. The SMILES string of the molecule is Cc1ccsc1C(=O)Nc1cnc(Cl)cn1. The van der Waals surface area contributed by atoms with Crippen molar-refractivity contribution in [1.82, 2.24) is 9.97 Å². The molecule has 2 heterocycles. The number of nitrogens with zero attached hydrogens (tertiary/aromatic N) is 2. The number of hydrogen-bond acceptors (Lipinski definition) is 4. The lowest BCUT2D eigenvalue weighted by atomic mass is 10.3. The molecule has 1 N–H and O–H groups in total. The number of carbonyl (C=O) groups excluding carboxylic acids is 1. The second-order valence-electron chi connectivity index (χ2n) is 3.11. The summed E-state index contributed by atoms with van der Waals surface area (Å²) < 4.78 is 0. The van der Waals surface area contributed by atoms with Gasteiger partial charge in [0, 0.05) is 0 Å². The van der Waals surface area contributed by atoms with Gasteiger partial charge >= 0.3 is 0 Å². The topological polar surface area (TPSA) is 54.9 Å². The summed E-state index contributed by atoms with van der Waals surface area (Å²) in [5.41, 5.74) is 0.949. The van der Waals surface area contributed by atoms with Crippen LogP contribution in [-0.2, 0) is 0 Å². The zero-order chi connectivity index (χ0) is 11.5. The molecule has 0 atom stereocenters. The van der Waals surface area contributed by atoms with Crippen molar-refractivity contribution >= 4 is 34.7 Å². The Hall–Kier alpha value is -1.46. The Balaban J connectivity index is 2.14. The van der Waals surface area contributed by atoms with Crippen LogP contribution in [0, 0.1) is 6.92 Å². The van der Waals surface area contributed by atoms with Crippen LogP contribution >= 0.6 is 22.9 Å². The highest BCUT2D eigenvalue weighted by Gasteiger charge is 2.10. The molecule has 0 aliphatic rings. The van der Waals surface area contributed by atoms with Crippen molar-refractivity contribution in [2.24, 2.45) is 0 Å². The fraction of sp³-hybridized carbons (Fsp3) is 0.100. The van der Waals surface area contributed by atoms with Crippen molar-refractivity contribution in [3.63, 3.8) is 0 Å². The molecule has 1 amide bonds. The number of aryl methyl sites for hydroxylation is 1. The zero-order valence-electron chi connectivity index (χ0n) is 8.40. The van der Waals surface area contributed by atoms with Gasteiger partial charge in [0.25, 0.3) is 5.91 Å². The van der Waals surface area contributed by atoms with Gasteiger partial charge < -0.3 is 5.32 Å². The first-order chi connectivity index (χ1) is 7.66. The largest absolute Gasteiger partial charge is 0.305 e. The van der Waals surface area contributed by atoms with Crippen LogP contribution in [0.5, 0.6) is 0 Å². The molecule has 0 aliphatic heterocycles. The Morgan fingerprint density at radius 2 is 2.25 bits per heavy atom. The molecular formula is C10H8ClN3OS. The molecule has 0 saturated carbocycles. The first kappa shape index (κ1) is 11.0. The lowest BCUT2D eigenvalue weighted by Gasteiger charge is -2.02. The third kappa shape index (κ3) is 2.37. The second kappa shape index (κ2) is 4.59. The third-order valence-electron chi connectivity index (χ3n) is 1.93. The van der Waals surface area contributed by atoms with Crippen LogP contribution in [0.2, 0.25) is 5.15 Å². The average Bonchev–Trinajstić information content (AvgIpc) is 2.68. The van der Waals surface area contributed by atoms with Gasteiger partial charge in [0.2, 0.25) is 0 Å². The Bertz CT molecular complexity index is 509. The molecule has 0 saturated heterocycles. The van der Waals surface area contributed by atoms with E-state index in [1.54, 1.807) is 0 Å². The predicted molar refractivity (Wildman–Crippen MR) is 64.1 cm³/mol. The van der Waals surface area contributed by atoms with Crippen LogP contribution < -0.4 is 5.32 Å². The minimum absolute atomic E-state index is 0.177. The minimum atomic E-state index is -0.177. The molecular weight excluding hydrogens is 246 g/mol. The summed E-state index contributed by atoms with van der Waals surface area (Å²) in [5.74, 6) is 0.214. The number of anilines is 1. The van der Waals surface area contributed by atoms with Gasteiger partial charge in [0.15, 0.2) is 5.82 Å². The lowest BCUT2D eigenvalue weighted by Crippen LogP contribution is -2.12. The van der Waals surface area contributed by atoms with Gasteiger partial charge in [-0.3, -0.25) is 4.79 Å². The van der Waals surface area contributed by atoms with E-state index >= 15 is 0 Å². The highest BCUT2D eigenvalue weighted by molar-refractivity contribution is 7.12. The average molecular weight is 254 g/mol. The maximum atomic E-state index is 11.8. The van der Waals surface area contributed by atoms with Gasteiger partial charge in [0.05, 0.1) is 17.3 Å². The fourth-order valence-corrected chi connectivity index (χ4v) is 2.07. The van der Waals surface area contributed by atoms with Gasteiger partial charge in [-0.2, -0.15) is 0 Å². The number of carbonyl (C=O) groups is 1. The number of nitrogens with one attached hydrogen (secondary N) is 1. The van der Waals surface area contributed by atoms with E-state index in [1.165, 1.54) is 23.7 Å². The van der Waals surface area contributed by atoms with E-state index in [9.17, 15) is 4.79 Å². The minimum Gasteiger partial charge on any atom is -0.305 e. The summed E-state index contributed by atoms with van der Waals surface area (Å²) in [7, 11) is 0. The number of hydrogen-bond donors (Lipinski definition) is 1. The van der Waals surface area contributed by atoms with E-state index in [0.29, 0.717) is 15.8 Å². The number of aromatic nitrogens is 2. The Kier molecular flexibility index (Phi) is 3.17. The molecule has 16 heavy (non-hydrogen) atoms. The first-order valence-electron chi connectivity index (χ1n) is 4.50. The molecule has 0 bridgehead atoms. The number of amides is 1. The molecule has 82 valence electrons. The molecule has 4 nitrogen and oxygen atoms in total. The fourth-order valence-electron chi connectivity index (χ4n) is 1.16. The third-order valence-corrected chi connectivity index (χ3v) is 3.14. The van der Waals surface area contributed by atoms with Gasteiger partial charge in [-0.05, 0) is 23.9 Å². The van der Waals surface area contributed by atoms with Gasteiger partial charge in [-0.25, -0.2) is 9.97 Å². The second-order valence-corrected chi connectivity index (χ2v) is 4.41.